The third-order valence-electron chi connectivity index (χ3n) is 8.58. The molecule has 4 heteroatoms. The second-order valence-corrected chi connectivity index (χ2v) is 13.9. The predicted octanol–water partition coefficient (Wildman–Crippen LogP) is 12.6. The summed E-state index contributed by atoms with van der Waals surface area (Å²) < 4.78 is 0. The normalized spacial score (nSPS) is 10.3. The van der Waals surface area contributed by atoms with E-state index in [-0.39, 0.29) is 0 Å². The smallest absolute Gasteiger partial charge is 0.0314 e. The summed E-state index contributed by atoms with van der Waals surface area (Å²) in [5.41, 5.74) is 37.3. The first-order valence-electron chi connectivity index (χ1n) is 19.1. The van der Waals surface area contributed by atoms with Gasteiger partial charge in [0.25, 0.3) is 0 Å². The van der Waals surface area contributed by atoms with Gasteiger partial charge in [0.1, 0.15) is 0 Å². The molecule has 8 N–H and O–H groups in total. The molecule has 0 unspecified atom stereocenters. The quantitative estimate of drug-likeness (QED) is 0.0607. The minimum absolute atomic E-state index is 0.765. The zero-order valence-corrected chi connectivity index (χ0v) is 33.9. The highest BCUT2D eigenvalue weighted by Crippen LogP contribution is 2.12. The molecule has 0 atom stereocenters. The molecule has 0 saturated heterocycles. The van der Waals surface area contributed by atoms with Crippen LogP contribution >= 0.6 is 0 Å². The van der Waals surface area contributed by atoms with E-state index >= 15 is 0 Å². The number of nitrogen functional groups attached to an aromatic ring is 4. The number of rotatable bonds is 5. The van der Waals surface area contributed by atoms with E-state index in [1.54, 1.807) is 0 Å². The van der Waals surface area contributed by atoms with Crippen LogP contribution in [0.15, 0.2) is 182 Å². The maximum absolute atomic E-state index is 5.63. The largest absolute Gasteiger partial charge is 0.399 e. The van der Waals surface area contributed by atoms with Crippen LogP contribution < -0.4 is 22.9 Å². The first kappa shape index (κ1) is 43.3. The first-order valence-corrected chi connectivity index (χ1v) is 19.1. The van der Waals surface area contributed by atoms with E-state index in [2.05, 4.69) is 118 Å². The molecule has 0 saturated carbocycles. The molecule has 0 aromatic heterocycles. The Morgan fingerprint density at radius 2 is 0.483 bits per heavy atom. The molecule has 0 bridgehead atoms. The van der Waals surface area contributed by atoms with Gasteiger partial charge in [-0.05, 0) is 123 Å². The molecular weight excluding hydrogens is 705 g/mol. The molecule has 7 aromatic rings. The van der Waals surface area contributed by atoms with E-state index in [1.165, 1.54) is 33.4 Å². The summed E-state index contributed by atoms with van der Waals surface area (Å²) in [5, 5.41) is 0. The minimum Gasteiger partial charge on any atom is -0.399 e. The minimum atomic E-state index is 0.765. The summed E-state index contributed by atoms with van der Waals surface area (Å²) in [5.74, 6) is 6.22. The van der Waals surface area contributed by atoms with Crippen molar-refractivity contribution in [1.82, 2.24) is 0 Å². The van der Waals surface area contributed by atoms with Crippen LogP contribution in [0.3, 0.4) is 0 Å². The van der Waals surface area contributed by atoms with Crippen LogP contribution in [0.5, 0.6) is 0 Å². The molecule has 7 rings (SSSR count). The number of allylic oxidation sites excluding steroid dienone is 2. The van der Waals surface area contributed by atoms with E-state index in [0.717, 1.165) is 45.0 Å². The van der Waals surface area contributed by atoms with Crippen molar-refractivity contribution in [2.24, 2.45) is 0 Å². The molecule has 58 heavy (non-hydrogen) atoms. The zero-order valence-electron chi connectivity index (χ0n) is 33.9. The lowest BCUT2D eigenvalue weighted by molar-refractivity contribution is 1.46. The summed E-state index contributed by atoms with van der Waals surface area (Å²) in [6.45, 7) is 8.29. The Balaban J connectivity index is 0.000000176. The highest BCUT2D eigenvalue weighted by atomic mass is 14.5. The number of aryl methyl sites for hydroxylation is 4. The van der Waals surface area contributed by atoms with Crippen molar-refractivity contribution in [3.63, 3.8) is 0 Å². The first-order chi connectivity index (χ1) is 28.0. The van der Waals surface area contributed by atoms with Gasteiger partial charge in [0.15, 0.2) is 0 Å². The van der Waals surface area contributed by atoms with Gasteiger partial charge in [0.2, 0.25) is 0 Å². The lowest BCUT2D eigenvalue weighted by atomic mass is 10.1. The van der Waals surface area contributed by atoms with Crippen molar-refractivity contribution in [2.45, 2.75) is 27.7 Å². The average Bonchev–Trinajstić information content (AvgIpc) is 3.23. The zero-order chi connectivity index (χ0) is 41.5. The van der Waals surface area contributed by atoms with Crippen LogP contribution in [-0.4, -0.2) is 0 Å². The van der Waals surface area contributed by atoms with Crippen LogP contribution in [0.1, 0.15) is 55.6 Å². The molecule has 0 spiro atoms. The van der Waals surface area contributed by atoms with Gasteiger partial charge in [-0.15, -0.1) is 0 Å². The Morgan fingerprint density at radius 3 is 0.793 bits per heavy atom. The standard InChI is InChI=1S/C17H17N.C15H15N.C15H13N.C7H9N/c1-14-6-8-15(9-7-14)4-2-3-5-16-10-12-17(18)13-11-16;2*1-12-2-4-13(5-3-12)6-7-14-8-10-15(16)11-9-14;1-6-2-4-7(8)5-3-6/h2-13H,18H2,1H3;2-11H,16H2,1H3;2-5,8-11H,16H2,1H3;2-5H,8H2,1H3/b4-2+,5-3+;7-6+;;. The maximum Gasteiger partial charge on any atom is 0.0314 e. The summed E-state index contributed by atoms with van der Waals surface area (Å²) in [4.78, 5) is 0. The van der Waals surface area contributed by atoms with Crippen LogP contribution in [0, 0.1) is 39.5 Å². The van der Waals surface area contributed by atoms with Crippen LogP contribution in [0.25, 0.3) is 24.3 Å². The third-order valence-corrected chi connectivity index (χ3v) is 8.58. The number of anilines is 4. The van der Waals surface area contributed by atoms with Crippen molar-refractivity contribution >= 4 is 47.1 Å². The number of nitrogens with two attached hydrogens (primary N) is 4. The van der Waals surface area contributed by atoms with E-state index in [0.29, 0.717) is 0 Å². The predicted molar refractivity (Wildman–Crippen MR) is 255 cm³/mol. The number of benzene rings is 7. The van der Waals surface area contributed by atoms with Gasteiger partial charge in [0, 0.05) is 33.9 Å². The van der Waals surface area contributed by atoms with Crippen molar-refractivity contribution in [2.75, 3.05) is 22.9 Å². The highest BCUT2D eigenvalue weighted by molar-refractivity contribution is 5.70. The fourth-order valence-electron chi connectivity index (χ4n) is 5.01. The molecular formula is C54H54N4. The Kier molecular flexibility index (Phi) is 17.5. The van der Waals surface area contributed by atoms with Gasteiger partial charge in [-0.1, -0.05) is 168 Å². The van der Waals surface area contributed by atoms with E-state index in [1.807, 2.05) is 128 Å². The van der Waals surface area contributed by atoms with Crippen molar-refractivity contribution in [3.8, 4) is 11.8 Å². The SMILES string of the molecule is Cc1ccc(/C=C/C=C/c2ccc(N)cc2)cc1.Cc1ccc(/C=C/c2ccc(N)cc2)cc1.Cc1ccc(C#Cc2ccc(N)cc2)cc1.Cc1ccc(N)cc1. The lowest BCUT2D eigenvalue weighted by Gasteiger charge is -1.96. The van der Waals surface area contributed by atoms with E-state index < -0.39 is 0 Å². The molecule has 0 amide bonds. The molecule has 0 aliphatic rings. The Morgan fingerprint density at radius 1 is 0.276 bits per heavy atom. The van der Waals surface area contributed by atoms with Gasteiger partial charge in [-0.25, -0.2) is 0 Å². The fraction of sp³-hybridized carbons (Fsp3) is 0.0741. The second kappa shape index (κ2) is 23.4. The van der Waals surface area contributed by atoms with Gasteiger partial charge < -0.3 is 22.9 Å². The third kappa shape index (κ3) is 17.3. The monoisotopic (exact) mass is 758 g/mol. The average molecular weight is 759 g/mol. The highest BCUT2D eigenvalue weighted by Gasteiger charge is 1.91. The van der Waals surface area contributed by atoms with Crippen molar-refractivity contribution < 1.29 is 0 Å². The molecule has 0 radical (unpaired) electrons. The Hall–Kier alpha value is -7.48. The molecule has 0 heterocycles. The van der Waals surface area contributed by atoms with Gasteiger partial charge in [0.05, 0.1) is 0 Å². The molecule has 0 aliphatic carbocycles. The summed E-state index contributed by atoms with van der Waals surface area (Å²) in [6.07, 6.45) is 12.4. The topological polar surface area (TPSA) is 104 Å². The van der Waals surface area contributed by atoms with Crippen molar-refractivity contribution in [1.29, 1.82) is 0 Å². The fourth-order valence-corrected chi connectivity index (χ4v) is 5.01. The number of hydrogen-bond acceptors (Lipinski definition) is 4. The van der Waals surface area contributed by atoms with E-state index in [9.17, 15) is 0 Å². The van der Waals surface area contributed by atoms with Gasteiger partial charge in [-0.3, -0.25) is 0 Å². The molecule has 0 fully saturated rings. The summed E-state index contributed by atoms with van der Waals surface area (Å²) >= 11 is 0. The Labute approximate surface area is 345 Å². The van der Waals surface area contributed by atoms with Gasteiger partial charge in [-0.2, -0.15) is 0 Å². The number of hydrogen-bond donors (Lipinski definition) is 4. The Bertz CT molecular complexity index is 2220. The van der Waals surface area contributed by atoms with Crippen molar-refractivity contribution in [3.05, 3.63) is 238 Å². The van der Waals surface area contributed by atoms with Crippen LogP contribution in [-0.2, 0) is 0 Å². The summed E-state index contributed by atoms with van der Waals surface area (Å²) in [6, 6.07) is 56.1. The lowest BCUT2D eigenvalue weighted by Crippen LogP contribution is -1.83. The second-order valence-electron chi connectivity index (χ2n) is 13.9. The van der Waals surface area contributed by atoms with Crippen LogP contribution in [0.4, 0.5) is 22.7 Å². The molecule has 4 nitrogen and oxygen atoms in total. The summed E-state index contributed by atoms with van der Waals surface area (Å²) in [7, 11) is 0. The van der Waals surface area contributed by atoms with E-state index in [4.69, 9.17) is 22.9 Å². The molecule has 290 valence electrons. The van der Waals surface area contributed by atoms with Gasteiger partial charge >= 0.3 is 0 Å². The molecule has 7 aromatic carbocycles. The molecule has 0 aliphatic heterocycles. The van der Waals surface area contributed by atoms with Crippen LogP contribution in [0.2, 0.25) is 0 Å². The maximum atomic E-state index is 5.63.